The van der Waals surface area contributed by atoms with E-state index in [9.17, 15) is 4.79 Å². The maximum Gasteiger partial charge on any atom is 0.234 e. The summed E-state index contributed by atoms with van der Waals surface area (Å²) in [6, 6.07) is 28.3. The molecule has 4 heteroatoms. The minimum atomic E-state index is -0.256. The second-order valence-electron chi connectivity index (χ2n) is 7.67. The van der Waals surface area contributed by atoms with Crippen LogP contribution in [0.25, 0.3) is 0 Å². The van der Waals surface area contributed by atoms with Crippen LogP contribution in [0.2, 0.25) is 0 Å². The highest BCUT2D eigenvalue weighted by atomic mass is 16.5. The molecular weight excluding hydrogens is 372 g/mol. The van der Waals surface area contributed by atoms with Crippen LogP contribution in [0.3, 0.4) is 0 Å². The molecule has 0 unspecified atom stereocenters. The maximum atomic E-state index is 13.6. The molecule has 30 heavy (non-hydrogen) atoms. The zero-order valence-electron chi connectivity index (χ0n) is 17.4. The van der Waals surface area contributed by atoms with Gasteiger partial charge in [-0.15, -0.1) is 0 Å². The van der Waals surface area contributed by atoms with Crippen molar-refractivity contribution in [1.29, 1.82) is 0 Å². The van der Waals surface area contributed by atoms with Crippen molar-refractivity contribution >= 4 is 5.91 Å². The van der Waals surface area contributed by atoms with Crippen molar-refractivity contribution in [1.82, 2.24) is 9.80 Å². The van der Waals surface area contributed by atoms with Gasteiger partial charge in [-0.25, -0.2) is 0 Å². The van der Waals surface area contributed by atoms with Crippen molar-refractivity contribution < 1.29 is 9.53 Å². The lowest BCUT2D eigenvalue weighted by atomic mass is 9.90. The predicted molar refractivity (Wildman–Crippen MR) is 120 cm³/mol. The Hall–Kier alpha value is -3.11. The molecule has 0 atom stereocenters. The van der Waals surface area contributed by atoms with E-state index >= 15 is 0 Å². The van der Waals surface area contributed by atoms with Crippen molar-refractivity contribution in [3.05, 3.63) is 102 Å². The summed E-state index contributed by atoms with van der Waals surface area (Å²) < 4.78 is 5.48. The molecule has 1 fully saturated rings. The molecule has 0 bridgehead atoms. The van der Waals surface area contributed by atoms with Crippen molar-refractivity contribution in [2.45, 2.75) is 12.5 Å². The summed E-state index contributed by atoms with van der Waals surface area (Å²) in [5.41, 5.74) is 3.28. The molecule has 3 aromatic rings. The Morgan fingerprint density at radius 2 is 1.33 bits per heavy atom. The first-order valence-corrected chi connectivity index (χ1v) is 10.5. The number of carbonyl (C=O) groups excluding carboxylic acids is 1. The third kappa shape index (κ3) is 4.55. The van der Waals surface area contributed by atoms with Gasteiger partial charge in [0.25, 0.3) is 0 Å². The lowest BCUT2D eigenvalue weighted by molar-refractivity contribution is -0.133. The summed E-state index contributed by atoms with van der Waals surface area (Å²) in [5, 5.41) is 0. The molecule has 4 rings (SSSR count). The van der Waals surface area contributed by atoms with Crippen molar-refractivity contribution in [3.63, 3.8) is 0 Å². The highest BCUT2D eigenvalue weighted by Gasteiger charge is 2.29. The number of benzene rings is 3. The number of hydrogen-bond acceptors (Lipinski definition) is 3. The quantitative estimate of drug-likeness (QED) is 0.623. The number of methoxy groups -OCH3 is 1. The van der Waals surface area contributed by atoms with Crippen molar-refractivity contribution in [2.75, 3.05) is 33.3 Å². The molecule has 0 saturated carbocycles. The van der Waals surface area contributed by atoms with E-state index in [0.717, 1.165) is 49.6 Å². The van der Waals surface area contributed by atoms with Crippen LogP contribution < -0.4 is 4.74 Å². The fourth-order valence-corrected chi connectivity index (χ4v) is 4.15. The number of para-hydroxylation sites is 1. The average Bonchev–Trinajstić information content (AvgIpc) is 2.81. The molecule has 4 nitrogen and oxygen atoms in total. The molecule has 154 valence electrons. The van der Waals surface area contributed by atoms with E-state index in [4.69, 9.17) is 4.74 Å². The van der Waals surface area contributed by atoms with Gasteiger partial charge in [0, 0.05) is 38.3 Å². The van der Waals surface area contributed by atoms with Crippen LogP contribution in [0.15, 0.2) is 84.9 Å². The number of rotatable bonds is 6. The highest BCUT2D eigenvalue weighted by Crippen LogP contribution is 2.28. The topological polar surface area (TPSA) is 32.8 Å². The Kier molecular flexibility index (Phi) is 6.45. The monoisotopic (exact) mass is 400 g/mol. The molecule has 0 aromatic heterocycles. The molecule has 0 radical (unpaired) electrons. The van der Waals surface area contributed by atoms with Gasteiger partial charge >= 0.3 is 0 Å². The van der Waals surface area contributed by atoms with Gasteiger partial charge in [-0.2, -0.15) is 0 Å². The van der Waals surface area contributed by atoms with Gasteiger partial charge in [-0.05, 0) is 17.2 Å². The first-order valence-electron chi connectivity index (χ1n) is 10.5. The normalized spacial score (nSPS) is 14.7. The fraction of sp³-hybridized carbons (Fsp3) is 0.269. The van der Waals surface area contributed by atoms with E-state index in [1.807, 2.05) is 83.8 Å². The van der Waals surface area contributed by atoms with Gasteiger partial charge in [0.05, 0.1) is 13.0 Å². The zero-order chi connectivity index (χ0) is 20.8. The second-order valence-corrected chi connectivity index (χ2v) is 7.67. The SMILES string of the molecule is COc1ccccc1CN1CCN(C(=O)C(c2ccccc2)c2ccccc2)CC1. The van der Waals surface area contributed by atoms with Crippen LogP contribution in [0.5, 0.6) is 5.75 Å². The van der Waals surface area contributed by atoms with Crippen molar-refractivity contribution in [3.8, 4) is 5.75 Å². The summed E-state index contributed by atoms with van der Waals surface area (Å²) in [4.78, 5) is 18.0. The Bertz CT molecular complexity index is 912. The zero-order valence-corrected chi connectivity index (χ0v) is 17.4. The van der Waals surface area contributed by atoms with E-state index < -0.39 is 0 Å². The standard InChI is InChI=1S/C26H28N2O2/c1-30-24-15-9-8-14-23(24)20-27-16-18-28(19-17-27)26(29)25(21-10-4-2-5-11-21)22-12-6-3-7-13-22/h2-15,25H,16-20H2,1H3. The fourth-order valence-electron chi connectivity index (χ4n) is 4.15. The number of nitrogens with zero attached hydrogens (tertiary/aromatic N) is 2. The lowest BCUT2D eigenvalue weighted by Crippen LogP contribution is -2.49. The minimum Gasteiger partial charge on any atom is -0.496 e. The van der Waals surface area contributed by atoms with Crippen molar-refractivity contribution in [2.24, 2.45) is 0 Å². The molecule has 1 saturated heterocycles. The number of hydrogen-bond donors (Lipinski definition) is 0. The van der Waals surface area contributed by atoms with Gasteiger partial charge in [-0.1, -0.05) is 78.9 Å². The van der Waals surface area contributed by atoms with E-state index in [-0.39, 0.29) is 11.8 Å². The summed E-state index contributed by atoms with van der Waals surface area (Å²) >= 11 is 0. The lowest BCUT2D eigenvalue weighted by Gasteiger charge is -2.36. The molecule has 1 aliphatic rings. The molecule has 1 heterocycles. The molecule has 0 aliphatic carbocycles. The van der Waals surface area contributed by atoms with Crippen LogP contribution in [0.4, 0.5) is 0 Å². The van der Waals surface area contributed by atoms with Gasteiger partial charge in [0.2, 0.25) is 5.91 Å². The first-order chi connectivity index (χ1) is 14.8. The highest BCUT2D eigenvalue weighted by molar-refractivity contribution is 5.87. The summed E-state index contributed by atoms with van der Waals surface area (Å²) in [7, 11) is 1.71. The predicted octanol–water partition coefficient (Wildman–Crippen LogP) is 4.17. The van der Waals surface area contributed by atoms with Crippen LogP contribution in [0, 0.1) is 0 Å². The van der Waals surface area contributed by atoms with E-state index in [0.29, 0.717) is 0 Å². The van der Waals surface area contributed by atoms with Gasteiger partial charge in [-0.3, -0.25) is 9.69 Å². The molecule has 0 N–H and O–H groups in total. The largest absolute Gasteiger partial charge is 0.496 e. The van der Waals surface area contributed by atoms with Gasteiger partial charge in [0.15, 0.2) is 0 Å². The van der Waals surface area contributed by atoms with E-state index in [2.05, 4.69) is 11.0 Å². The first kappa shape index (κ1) is 20.2. The number of ether oxygens (including phenoxy) is 1. The van der Waals surface area contributed by atoms with E-state index in [1.165, 1.54) is 5.56 Å². The Morgan fingerprint density at radius 3 is 1.90 bits per heavy atom. The molecule has 3 aromatic carbocycles. The van der Waals surface area contributed by atoms with Gasteiger partial charge < -0.3 is 9.64 Å². The smallest absolute Gasteiger partial charge is 0.234 e. The van der Waals surface area contributed by atoms with E-state index in [1.54, 1.807) is 7.11 Å². The molecule has 0 spiro atoms. The Balaban J connectivity index is 1.46. The molecular formula is C26H28N2O2. The van der Waals surface area contributed by atoms with Crippen LogP contribution >= 0.6 is 0 Å². The number of amides is 1. The third-order valence-corrected chi connectivity index (χ3v) is 5.78. The summed E-state index contributed by atoms with van der Waals surface area (Å²) in [6.07, 6.45) is 0. The minimum absolute atomic E-state index is 0.185. The average molecular weight is 401 g/mol. The summed E-state index contributed by atoms with van der Waals surface area (Å²) in [6.45, 7) is 4.04. The van der Waals surface area contributed by atoms with Crippen LogP contribution in [-0.4, -0.2) is 49.0 Å². The number of piperazine rings is 1. The Labute approximate surface area is 178 Å². The van der Waals surface area contributed by atoms with Crippen LogP contribution in [0.1, 0.15) is 22.6 Å². The molecule has 1 aliphatic heterocycles. The molecule has 1 amide bonds. The third-order valence-electron chi connectivity index (χ3n) is 5.78. The van der Waals surface area contributed by atoms with Gasteiger partial charge in [0.1, 0.15) is 5.75 Å². The summed E-state index contributed by atoms with van der Waals surface area (Å²) in [5.74, 6) is 0.849. The maximum absolute atomic E-state index is 13.6. The second kappa shape index (κ2) is 9.59. The Morgan fingerprint density at radius 1 is 0.800 bits per heavy atom. The van der Waals surface area contributed by atoms with Crippen LogP contribution in [-0.2, 0) is 11.3 Å². The number of carbonyl (C=O) groups is 1.